The molecule has 3 rings (SSSR count). The third kappa shape index (κ3) is 1.97. The average molecular weight is 222 g/mol. The molecule has 0 aromatic rings. The minimum absolute atomic E-state index is 0.321. The van der Waals surface area contributed by atoms with Crippen molar-refractivity contribution in [2.24, 2.45) is 23.7 Å². The van der Waals surface area contributed by atoms with Crippen molar-refractivity contribution in [3.8, 4) is 0 Å². The molecule has 5 atom stereocenters. The van der Waals surface area contributed by atoms with Crippen LogP contribution in [0.3, 0.4) is 0 Å². The Balaban J connectivity index is 1.50. The fourth-order valence-electron chi connectivity index (χ4n) is 3.43. The summed E-state index contributed by atoms with van der Waals surface area (Å²) in [6.45, 7) is 4.53. The van der Waals surface area contributed by atoms with E-state index in [9.17, 15) is 4.79 Å². The normalized spacial score (nSPS) is 46.2. The first kappa shape index (κ1) is 10.6. The predicted molar refractivity (Wildman–Crippen MR) is 62.9 cm³/mol. The lowest BCUT2D eigenvalue weighted by Gasteiger charge is -2.31. The van der Waals surface area contributed by atoms with Gasteiger partial charge < -0.3 is 10.6 Å². The summed E-state index contributed by atoms with van der Waals surface area (Å²) in [4.78, 5) is 11.8. The molecule has 0 aromatic carbocycles. The Kier molecular flexibility index (Phi) is 2.66. The molecule has 0 bridgehead atoms. The Hall–Kier alpha value is -0.570. The second-order valence-electron chi connectivity index (χ2n) is 6.02. The molecule has 3 fully saturated rings. The Labute approximate surface area is 97.4 Å². The van der Waals surface area contributed by atoms with Crippen molar-refractivity contribution in [1.29, 1.82) is 0 Å². The highest BCUT2D eigenvalue weighted by molar-refractivity contribution is 5.81. The maximum atomic E-state index is 11.8. The highest BCUT2D eigenvalue weighted by Crippen LogP contribution is 2.38. The molecule has 2 aliphatic carbocycles. The molecule has 3 nitrogen and oxygen atoms in total. The van der Waals surface area contributed by atoms with Crippen molar-refractivity contribution >= 4 is 5.91 Å². The van der Waals surface area contributed by atoms with Gasteiger partial charge in [0.25, 0.3) is 0 Å². The number of carbonyl (C=O) groups excluding carboxylic acids is 1. The topological polar surface area (TPSA) is 41.1 Å². The zero-order chi connectivity index (χ0) is 11.1. The zero-order valence-electron chi connectivity index (χ0n) is 10.0. The highest BCUT2D eigenvalue weighted by Gasteiger charge is 2.41. The van der Waals surface area contributed by atoms with E-state index in [1.54, 1.807) is 0 Å². The van der Waals surface area contributed by atoms with Crippen molar-refractivity contribution < 1.29 is 4.79 Å². The van der Waals surface area contributed by atoms with Gasteiger partial charge in [-0.05, 0) is 56.5 Å². The summed E-state index contributed by atoms with van der Waals surface area (Å²) >= 11 is 0. The quantitative estimate of drug-likeness (QED) is 0.736. The van der Waals surface area contributed by atoms with E-state index in [1.807, 2.05) is 0 Å². The summed E-state index contributed by atoms with van der Waals surface area (Å²) in [5, 5.41) is 6.72. The van der Waals surface area contributed by atoms with Gasteiger partial charge in [0, 0.05) is 12.0 Å². The first-order chi connectivity index (χ1) is 7.74. The molecule has 0 aromatic heterocycles. The van der Waals surface area contributed by atoms with Gasteiger partial charge in [-0.15, -0.1) is 0 Å². The van der Waals surface area contributed by atoms with E-state index in [0.29, 0.717) is 23.8 Å². The van der Waals surface area contributed by atoms with Crippen molar-refractivity contribution in [2.75, 3.05) is 13.1 Å². The van der Waals surface area contributed by atoms with Crippen LogP contribution in [0.5, 0.6) is 0 Å². The van der Waals surface area contributed by atoms with Crippen molar-refractivity contribution in [1.82, 2.24) is 10.6 Å². The molecule has 1 amide bonds. The molecule has 3 heteroatoms. The van der Waals surface area contributed by atoms with Crippen LogP contribution in [0.25, 0.3) is 0 Å². The summed E-state index contributed by atoms with van der Waals surface area (Å²) in [5.74, 6) is 2.98. The number of rotatable bonds is 2. The first-order valence-electron chi connectivity index (χ1n) is 6.75. The lowest BCUT2D eigenvalue weighted by Crippen LogP contribution is -2.41. The van der Waals surface area contributed by atoms with Crippen LogP contribution in [0, 0.1) is 23.7 Å². The van der Waals surface area contributed by atoms with Gasteiger partial charge in [-0.2, -0.15) is 0 Å². The smallest absolute Gasteiger partial charge is 0.223 e. The second-order valence-corrected chi connectivity index (χ2v) is 6.02. The zero-order valence-corrected chi connectivity index (χ0v) is 10.0. The second kappa shape index (κ2) is 4.02. The first-order valence-corrected chi connectivity index (χ1v) is 6.75. The molecule has 0 spiro atoms. The molecule has 1 aliphatic heterocycles. The third-order valence-corrected chi connectivity index (χ3v) is 4.75. The molecular weight excluding hydrogens is 200 g/mol. The maximum absolute atomic E-state index is 11.8. The number of fused-ring (bicyclic) bond motifs is 1. The lowest BCUT2D eigenvalue weighted by atomic mass is 9.79. The Morgan fingerprint density at radius 3 is 2.69 bits per heavy atom. The van der Waals surface area contributed by atoms with Crippen molar-refractivity contribution in [3.05, 3.63) is 0 Å². The third-order valence-electron chi connectivity index (χ3n) is 4.75. The summed E-state index contributed by atoms with van der Waals surface area (Å²) in [6, 6.07) is 0.460. The molecule has 2 saturated carbocycles. The van der Waals surface area contributed by atoms with Gasteiger partial charge in [0.1, 0.15) is 0 Å². The van der Waals surface area contributed by atoms with Gasteiger partial charge in [0.05, 0.1) is 0 Å². The summed E-state index contributed by atoms with van der Waals surface area (Å²) < 4.78 is 0. The summed E-state index contributed by atoms with van der Waals surface area (Å²) in [7, 11) is 0. The summed E-state index contributed by atoms with van der Waals surface area (Å²) in [5.41, 5.74) is 0. The minimum Gasteiger partial charge on any atom is -0.353 e. The molecular formula is C13H22N2O. The van der Waals surface area contributed by atoms with E-state index in [1.165, 1.54) is 25.8 Å². The van der Waals surface area contributed by atoms with Crippen LogP contribution in [0.4, 0.5) is 0 Å². The molecule has 3 aliphatic rings. The van der Waals surface area contributed by atoms with E-state index < -0.39 is 0 Å². The molecule has 90 valence electrons. The van der Waals surface area contributed by atoms with E-state index in [2.05, 4.69) is 17.6 Å². The monoisotopic (exact) mass is 222 g/mol. The number of hydrogen-bond acceptors (Lipinski definition) is 2. The number of amides is 1. The van der Waals surface area contributed by atoms with Crippen LogP contribution >= 0.6 is 0 Å². The fraction of sp³-hybridized carbons (Fsp3) is 0.923. The van der Waals surface area contributed by atoms with Crippen LogP contribution in [0.15, 0.2) is 0 Å². The van der Waals surface area contributed by atoms with Gasteiger partial charge in [0.2, 0.25) is 5.91 Å². The van der Waals surface area contributed by atoms with Crippen LogP contribution < -0.4 is 10.6 Å². The van der Waals surface area contributed by atoms with Crippen LogP contribution in [-0.4, -0.2) is 25.0 Å². The van der Waals surface area contributed by atoms with Crippen molar-refractivity contribution in [2.45, 2.75) is 38.6 Å². The SMILES string of the molecule is CC1CC1C(=O)NC1CC[C@H]2CNC[C@H]2C1. The molecule has 2 N–H and O–H groups in total. The largest absolute Gasteiger partial charge is 0.353 e. The molecule has 0 radical (unpaired) electrons. The number of nitrogens with one attached hydrogen (secondary N) is 2. The Morgan fingerprint density at radius 2 is 1.94 bits per heavy atom. The van der Waals surface area contributed by atoms with Crippen LogP contribution in [-0.2, 0) is 4.79 Å². The molecule has 16 heavy (non-hydrogen) atoms. The minimum atomic E-state index is 0.321. The lowest BCUT2D eigenvalue weighted by molar-refractivity contribution is -0.123. The van der Waals surface area contributed by atoms with Gasteiger partial charge in [-0.3, -0.25) is 4.79 Å². The maximum Gasteiger partial charge on any atom is 0.223 e. The Morgan fingerprint density at radius 1 is 1.19 bits per heavy atom. The van der Waals surface area contributed by atoms with E-state index in [-0.39, 0.29) is 0 Å². The van der Waals surface area contributed by atoms with Crippen molar-refractivity contribution in [3.63, 3.8) is 0 Å². The molecule has 3 unspecified atom stereocenters. The molecule has 1 saturated heterocycles. The van der Waals surface area contributed by atoms with Gasteiger partial charge in [-0.1, -0.05) is 6.92 Å². The number of hydrogen-bond donors (Lipinski definition) is 2. The van der Waals surface area contributed by atoms with Gasteiger partial charge >= 0.3 is 0 Å². The fourth-order valence-corrected chi connectivity index (χ4v) is 3.43. The predicted octanol–water partition coefficient (Wildman–Crippen LogP) is 1.15. The average Bonchev–Trinajstić information content (AvgIpc) is 2.83. The Bertz CT molecular complexity index is 292. The van der Waals surface area contributed by atoms with E-state index >= 15 is 0 Å². The van der Waals surface area contributed by atoms with Crippen LogP contribution in [0.2, 0.25) is 0 Å². The standard InChI is InChI=1S/C13H22N2O/c1-8-4-12(8)13(16)15-11-3-2-9-6-14-7-10(9)5-11/h8-12,14H,2-7H2,1H3,(H,15,16)/t8?,9-,10+,11?,12?/m0/s1. The summed E-state index contributed by atoms with van der Waals surface area (Å²) in [6.07, 6.45) is 4.79. The van der Waals surface area contributed by atoms with Gasteiger partial charge in [-0.25, -0.2) is 0 Å². The highest BCUT2D eigenvalue weighted by atomic mass is 16.2. The van der Waals surface area contributed by atoms with E-state index in [0.717, 1.165) is 24.8 Å². The van der Waals surface area contributed by atoms with E-state index in [4.69, 9.17) is 0 Å². The number of carbonyl (C=O) groups is 1. The van der Waals surface area contributed by atoms with Crippen LogP contribution in [0.1, 0.15) is 32.6 Å². The van der Waals surface area contributed by atoms with Gasteiger partial charge in [0.15, 0.2) is 0 Å². The molecule has 1 heterocycles.